The first-order valence-corrected chi connectivity index (χ1v) is 7.48. The van der Waals surface area contributed by atoms with Crippen LogP contribution in [0.1, 0.15) is 48.0 Å². The van der Waals surface area contributed by atoms with Gasteiger partial charge in [0, 0.05) is 24.3 Å². The first kappa shape index (κ1) is 15.2. The summed E-state index contributed by atoms with van der Waals surface area (Å²) in [6.45, 7) is 1.83. The third-order valence-corrected chi connectivity index (χ3v) is 4.35. The number of amides is 1. The summed E-state index contributed by atoms with van der Waals surface area (Å²) in [5.74, 6) is 0.772. The number of anilines is 1. The molecule has 110 valence electrons. The van der Waals surface area contributed by atoms with Crippen molar-refractivity contribution in [2.75, 3.05) is 18.4 Å². The summed E-state index contributed by atoms with van der Waals surface area (Å²) in [5.41, 5.74) is 3.26. The third-order valence-electron chi connectivity index (χ3n) is 4.35. The van der Waals surface area contributed by atoms with Crippen molar-refractivity contribution in [3.63, 3.8) is 0 Å². The SMILES string of the molecule is Cl.O=C(NCC1CCCCC1)c1ccc2c(c1)CCN2. The van der Waals surface area contributed by atoms with Gasteiger partial charge in [-0.1, -0.05) is 19.3 Å². The summed E-state index contributed by atoms with van der Waals surface area (Å²) in [4.78, 5) is 12.2. The number of hydrogen-bond donors (Lipinski definition) is 2. The Morgan fingerprint density at radius 1 is 1.25 bits per heavy atom. The average Bonchev–Trinajstić information content (AvgIpc) is 2.93. The van der Waals surface area contributed by atoms with E-state index < -0.39 is 0 Å². The number of rotatable bonds is 3. The lowest BCUT2D eigenvalue weighted by molar-refractivity contribution is 0.0943. The van der Waals surface area contributed by atoms with Crippen molar-refractivity contribution < 1.29 is 4.79 Å². The molecule has 1 amide bonds. The molecular weight excluding hydrogens is 272 g/mol. The van der Waals surface area contributed by atoms with Crippen LogP contribution in [0.25, 0.3) is 0 Å². The smallest absolute Gasteiger partial charge is 0.251 e. The Morgan fingerprint density at radius 2 is 2.05 bits per heavy atom. The summed E-state index contributed by atoms with van der Waals surface area (Å²) < 4.78 is 0. The van der Waals surface area contributed by atoms with Crippen molar-refractivity contribution in [2.45, 2.75) is 38.5 Å². The fourth-order valence-electron chi connectivity index (χ4n) is 3.18. The van der Waals surface area contributed by atoms with E-state index in [0.29, 0.717) is 5.92 Å². The number of carbonyl (C=O) groups is 1. The molecule has 3 rings (SSSR count). The zero-order valence-electron chi connectivity index (χ0n) is 11.8. The predicted molar refractivity (Wildman–Crippen MR) is 84.8 cm³/mol. The number of fused-ring (bicyclic) bond motifs is 1. The van der Waals surface area contributed by atoms with Crippen LogP contribution in [-0.2, 0) is 6.42 Å². The zero-order valence-corrected chi connectivity index (χ0v) is 12.6. The minimum absolute atomic E-state index is 0. The molecule has 0 bridgehead atoms. The molecule has 0 radical (unpaired) electrons. The van der Waals surface area contributed by atoms with Gasteiger partial charge in [-0.05, 0) is 48.9 Å². The van der Waals surface area contributed by atoms with Crippen LogP contribution in [0.2, 0.25) is 0 Å². The highest BCUT2D eigenvalue weighted by Gasteiger charge is 2.16. The van der Waals surface area contributed by atoms with Gasteiger partial charge in [-0.15, -0.1) is 12.4 Å². The molecule has 0 unspecified atom stereocenters. The molecule has 4 heteroatoms. The molecule has 20 heavy (non-hydrogen) atoms. The molecule has 1 heterocycles. The molecule has 1 aromatic rings. The fourth-order valence-corrected chi connectivity index (χ4v) is 3.18. The molecule has 1 fully saturated rings. The minimum Gasteiger partial charge on any atom is -0.384 e. The summed E-state index contributed by atoms with van der Waals surface area (Å²) >= 11 is 0. The Labute approximate surface area is 126 Å². The van der Waals surface area contributed by atoms with Crippen molar-refractivity contribution in [1.82, 2.24) is 5.32 Å². The maximum Gasteiger partial charge on any atom is 0.251 e. The highest BCUT2D eigenvalue weighted by molar-refractivity contribution is 5.95. The van der Waals surface area contributed by atoms with Crippen LogP contribution in [0.5, 0.6) is 0 Å². The van der Waals surface area contributed by atoms with Crippen LogP contribution >= 0.6 is 12.4 Å². The van der Waals surface area contributed by atoms with Gasteiger partial charge in [0.05, 0.1) is 0 Å². The Bertz CT molecular complexity index is 470. The molecule has 0 atom stereocenters. The maximum atomic E-state index is 12.2. The monoisotopic (exact) mass is 294 g/mol. The maximum absolute atomic E-state index is 12.2. The van der Waals surface area contributed by atoms with Gasteiger partial charge in [0.15, 0.2) is 0 Å². The summed E-state index contributed by atoms with van der Waals surface area (Å²) in [6.07, 6.45) is 7.58. The van der Waals surface area contributed by atoms with Crippen molar-refractivity contribution in [2.24, 2.45) is 5.92 Å². The summed E-state index contributed by atoms with van der Waals surface area (Å²) in [5, 5.41) is 6.42. The molecule has 0 aromatic heterocycles. The van der Waals surface area contributed by atoms with Crippen LogP contribution < -0.4 is 10.6 Å². The topological polar surface area (TPSA) is 41.1 Å². The molecule has 0 spiro atoms. The van der Waals surface area contributed by atoms with E-state index >= 15 is 0 Å². The van der Waals surface area contributed by atoms with E-state index in [9.17, 15) is 4.79 Å². The Kier molecular flexibility index (Phi) is 5.30. The van der Waals surface area contributed by atoms with Crippen molar-refractivity contribution in [3.8, 4) is 0 Å². The van der Waals surface area contributed by atoms with Gasteiger partial charge in [-0.2, -0.15) is 0 Å². The molecule has 2 aliphatic rings. The third kappa shape index (κ3) is 3.45. The predicted octanol–water partition coefficient (Wildman–Crippen LogP) is 3.39. The number of nitrogens with one attached hydrogen (secondary N) is 2. The molecule has 0 saturated heterocycles. The van der Waals surface area contributed by atoms with E-state index in [1.54, 1.807) is 0 Å². The molecule has 1 saturated carbocycles. The van der Waals surface area contributed by atoms with Crippen LogP contribution in [0.15, 0.2) is 18.2 Å². The summed E-state index contributed by atoms with van der Waals surface area (Å²) in [7, 11) is 0. The normalized spacial score (nSPS) is 17.8. The van der Waals surface area contributed by atoms with Crippen LogP contribution in [-0.4, -0.2) is 19.0 Å². The van der Waals surface area contributed by atoms with Crippen LogP contribution in [0, 0.1) is 5.92 Å². The van der Waals surface area contributed by atoms with Crippen LogP contribution in [0.3, 0.4) is 0 Å². The van der Waals surface area contributed by atoms with Gasteiger partial charge in [-0.3, -0.25) is 4.79 Å². The quantitative estimate of drug-likeness (QED) is 0.897. The fraction of sp³-hybridized carbons (Fsp3) is 0.562. The zero-order chi connectivity index (χ0) is 13.1. The Morgan fingerprint density at radius 3 is 2.85 bits per heavy atom. The largest absolute Gasteiger partial charge is 0.384 e. The van der Waals surface area contributed by atoms with Gasteiger partial charge < -0.3 is 10.6 Å². The number of hydrogen-bond acceptors (Lipinski definition) is 2. The Hall–Kier alpha value is -1.22. The van der Waals surface area contributed by atoms with E-state index in [0.717, 1.165) is 25.1 Å². The molecule has 2 N–H and O–H groups in total. The second-order valence-electron chi connectivity index (χ2n) is 5.76. The number of benzene rings is 1. The van der Waals surface area contributed by atoms with E-state index in [2.05, 4.69) is 10.6 Å². The number of halogens is 1. The molecular formula is C16H23ClN2O. The standard InChI is InChI=1S/C16H22N2O.ClH/c19-16(18-11-12-4-2-1-3-5-12)14-6-7-15-13(10-14)8-9-17-15;/h6-7,10,12,17H,1-5,8-9,11H2,(H,18,19);1H. The molecule has 1 aliphatic heterocycles. The lowest BCUT2D eigenvalue weighted by Gasteiger charge is -2.21. The average molecular weight is 295 g/mol. The number of carbonyl (C=O) groups excluding carboxylic acids is 1. The highest BCUT2D eigenvalue weighted by atomic mass is 35.5. The van der Waals surface area contributed by atoms with Gasteiger partial charge in [0.1, 0.15) is 0 Å². The first-order chi connectivity index (χ1) is 9.33. The van der Waals surface area contributed by atoms with Crippen molar-refractivity contribution in [3.05, 3.63) is 29.3 Å². The van der Waals surface area contributed by atoms with Gasteiger partial charge >= 0.3 is 0 Å². The van der Waals surface area contributed by atoms with Gasteiger partial charge in [-0.25, -0.2) is 0 Å². The molecule has 1 aliphatic carbocycles. The second kappa shape index (κ2) is 6.98. The summed E-state index contributed by atoms with van der Waals surface area (Å²) in [6, 6.07) is 5.98. The van der Waals surface area contributed by atoms with E-state index in [-0.39, 0.29) is 18.3 Å². The van der Waals surface area contributed by atoms with E-state index in [1.165, 1.54) is 43.4 Å². The second-order valence-corrected chi connectivity index (χ2v) is 5.76. The van der Waals surface area contributed by atoms with Crippen molar-refractivity contribution in [1.29, 1.82) is 0 Å². The van der Waals surface area contributed by atoms with Crippen molar-refractivity contribution >= 4 is 24.0 Å². The van der Waals surface area contributed by atoms with E-state index in [4.69, 9.17) is 0 Å². The minimum atomic E-state index is 0. The van der Waals surface area contributed by atoms with E-state index in [1.807, 2.05) is 18.2 Å². The highest BCUT2D eigenvalue weighted by Crippen LogP contribution is 2.24. The molecule has 1 aromatic carbocycles. The Balaban J connectivity index is 0.00000147. The van der Waals surface area contributed by atoms with Crippen LogP contribution in [0.4, 0.5) is 5.69 Å². The van der Waals surface area contributed by atoms with Gasteiger partial charge in [0.2, 0.25) is 0 Å². The first-order valence-electron chi connectivity index (χ1n) is 7.48. The lowest BCUT2D eigenvalue weighted by Crippen LogP contribution is -2.30. The van der Waals surface area contributed by atoms with Gasteiger partial charge in [0.25, 0.3) is 5.91 Å². The lowest BCUT2D eigenvalue weighted by atomic mass is 9.89. The molecule has 3 nitrogen and oxygen atoms in total.